The summed E-state index contributed by atoms with van der Waals surface area (Å²) in [5.74, 6) is 1.48. The third-order valence-electron chi connectivity index (χ3n) is 4.27. The van der Waals surface area contributed by atoms with Gasteiger partial charge in [-0.1, -0.05) is 26.2 Å². The minimum atomic E-state index is 0.219. The molecular weight excluding hydrogens is 224 g/mol. The van der Waals surface area contributed by atoms with Crippen LogP contribution in [0.2, 0.25) is 0 Å². The Hall–Kier alpha value is -0.570. The predicted molar refractivity (Wildman–Crippen MR) is 76.2 cm³/mol. The van der Waals surface area contributed by atoms with E-state index in [1.165, 1.54) is 32.1 Å². The molecule has 0 heterocycles. The molecule has 0 aromatic rings. The normalized spacial score (nSPS) is 20.4. The van der Waals surface area contributed by atoms with Crippen LogP contribution in [-0.4, -0.2) is 18.5 Å². The minimum absolute atomic E-state index is 0.219. The molecular formula is C15H30N2O. The maximum Gasteiger partial charge on any atom is 0.220 e. The van der Waals surface area contributed by atoms with Gasteiger partial charge in [0.2, 0.25) is 5.91 Å². The summed E-state index contributed by atoms with van der Waals surface area (Å²) in [6.07, 6.45) is 9.23. The van der Waals surface area contributed by atoms with E-state index >= 15 is 0 Å². The summed E-state index contributed by atoms with van der Waals surface area (Å²) < 4.78 is 0. The van der Waals surface area contributed by atoms with Crippen molar-refractivity contribution in [3.8, 4) is 0 Å². The third kappa shape index (κ3) is 5.85. The van der Waals surface area contributed by atoms with Gasteiger partial charge in [0, 0.05) is 12.5 Å². The Bertz CT molecular complexity index is 237. The predicted octanol–water partition coefficient (Wildman–Crippen LogP) is 2.84. The molecule has 1 aliphatic carbocycles. The highest BCUT2D eigenvalue weighted by Crippen LogP contribution is 2.26. The van der Waals surface area contributed by atoms with Gasteiger partial charge in [0.1, 0.15) is 0 Å². The Morgan fingerprint density at radius 3 is 2.50 bits per heavy atom. The van der Waals surface area contributed by atoms with Gasteiger partial charge in [-0.25, -0.2) is 0 Å². The Morgan fingerprint density at radius 1 is 1.22 bits per heavy atom. The van der Waals surface area contributed by atoms with Gasteiger partial charge in [0.25, 0.3) is 0 Å². The number of hydrogen-bond donors (Lipinski definition) is 2. The SMILES string of the molecule is CC(CCN)CCC(=O)N[C@H](C)C1CCCCC1. The zero-order chi connectivity index (χ0) is 13.4. The van der Waals surface area contributed by atoms with Gasteiger partial charge < -0.3 is 11.1 Å². The van der Waals surface area contributed by atoms with Crippen molar-refractivity contribution in [2.45, 2.75) is 71.3 Å². The molecule has 0 bridgehead atoms. The van der Waals surface area contributed by atoms with E-state index in [1.807, 2.05) is 0 Å². The van der Waals surface area contributed by atoms with Crippen molar-refractivity contribution in [1.29, 1.82) is 0 Å². The second kappa shape index (κ2) is 8.52. The van der Waals surface area contributed by atoms with E-state index in [1.54, 1.807) is 0 Å². The quantitative estimate of drug-likeness (QED) is 0.734. The van der Waals surface area contributed by atoms with Gasteiger partial charge >= 0.3 is 0 Å². The van der Waals surface area contributed by atoms with Crippen LogP contribution in [0.25, 0.3) is 0 Å². The van der Waals surface area contributed by atoms with Crippen LogP contribution in [0, 0.1) is 11.8 Å². The monoisotopic (exact) mass is 254 g/mol. The summed E-state index contributed by atoms with van der Waals surface area (Å²) in [7, 11) is 0. The number of amides is 1. The molecule has 0 aromatic heterocycles. The maximum atomic E-state index is 11.9. The van der Waals surface area contributed by atoms with E-state index in [0.29, 0.717) is 24.3 Å². The average Bonchev–Trinajstić information content (AvgIpc) is 2.38. The fraction of sp³-hybridized carbons (Fsp3) is 0.933. The molecule has 106 valence electrons. The number of rotatable bonds is 7. The van der Waals surface area contributed by atoms with E-state index in [9.17, 15) is 4.79 Å². The van der Waals surface area contributed by atoms with Crippen LogP contribution in [0.15, 0.2) is 0 Å². The van der Waals surface area contributed by atoms with Crippen molar-refractivity contribution >= 4 is 5.91 Å². The van der Waals surface area contributed by atoms with Crippen LogP contribution >= 0.6 is 0 Å². The minimum Gasteiger partial charge on any atom is -0.353 e. The van der Waals surface area contributed by atoms with E-state index in [0.717, 1.165) is 19.4 Å². The summed E-state index contributed by atoms with van der Waals surface area (Å²) in [6.45, 7) is 5.06. The largest absolute Gasteiger partial charge is 0.353 e. The molecule has 3 heteroatoms. The highest BCUT2D eigenvalue weighted by Gasteiger charge is 2.21. The number of carbonyl (C=O) groups is 1. The van der Waals surface area contributed by atoms with Crippen LogP contribution in [-0.2, 0) is 4.79 Å². The molecule has 3 nitrogen and oxygen atoms in total. The Morgan fingerprint density at radius 2 is 1.89 bits per heavy atom. The molecule has 0 saturated heterocycles. The first-order valence-electron chi connectivity index (χ1n) is 7.63. The molecule has 0 aliphatic heterocycles. The number of nitrogens with two attached hydrogens (primary N) is 1. The Labute approximate surface area is 112 Å². The van der Waals surface area contributed by atoms with Crippen molar-refractivity contribution in [2.75, 3.05) is 6.54 Å². The van der Waals surface area contributed by atoms with Gasteiger partial charge in [-0.3, -0.25) is 4.79 Å². The molecule has 0 spiro atoms. The number of nitrogens with one attached hydrogen (secondary N) is 1. The first-order valence-corrected chi connectivity index (χ1v) is 7.63. The lowest BCUT2D eigenvalue weighted by atomic mass is 9.84. The van der Waals surface area contributed by atoms with Gasteiger partial charge in [-0.05, 0) is 51.0 Å². The average molecular weight is 254 g/mol. The fourth-order valence-corrected chi connectivity index (χ4v) is 2.88. The second-order valence-corrected chi connectivity index (χ2v) is 5.98. The molecule has 2 atom stereocenters. The van der Waals surface area contributed by atoms with Crippen molar-refractivity contribution in [2.24, 2.45) is 17.6 Å². The maximum absolute atomic E-state index is 11.9. The molecule has 3 N–H and O–H groups in total. The summed E-state index contributed by atoms with van der Waals surface area (Å²) in [6, 6.07) is 0.350. The van der Waals surface area contributed by atoms with Crippen molar-refractivity contribution < 1.29 is 4.79 Å². The molecule has 1 rings (SSSR count). The van der Waals surface area contributed by atoms with Crippen LogP contribution in [0.5, 0.6) is 0 Å². The fourth-order valence-electron chi connectivity index (χ4n) is 2.88. The van der Waals surface area contributed by atoms with E-state index in [4.69, 9.17) is 5.73 Å². The van der Waals surface area contributed by atoms with Gasteiger partial charge in [0.15, 0.2) is 0 Å². The summed E-state index contributed by atoms with van der Waals surface area (Å²) >= 11 is 0. The van der Waals surface area contributed by atoms with Crippen LogP contribution in [0.1, 0.15) is 65.2 Å². The lowest BCUT2D eigenvalue weighted by Crippen LogP contribution is -2.38. The second-order valence-electron chi connectivity index (χ2n) is 5.98. The van der Waals surface area contributed by atoms with Crippen LogP contribution < -0.4 is 11.1 Å². The molecule has 1 fully saturated rings. The summed E-state index contributed by atoms with van der Waals surface area (Å²) in [4.78, 5) is 11.9. The lowest BCUT2D eigenvalue weighted by Gasteiger charge is -2.28. The van der Waals surface area contributed by atoms with E-state index in [2.05, 4.69) is 19.2 Å². The van der Waals surface area contributed by atoms with Crippen LogP contribution in [0.3, 0.4) is 0 Å². The zero-order valence-corrected chi connectivity index (χ0v) is 12.1. The van der Waals surface area contributed by atoms with E-state index in [-0.39, 0.29) is 5.91 Å². The molecule has 0 radical (unpaired) electrons. The Kier molecular flexibility index (Phi) is 7.33. The third-order valence-corrected chi connectivity index (χ3v) is 4.27. The van der Waals surface area contributed by atoms with E-state index < -0.39 is 0 Å². The number of hydrogen-bond acceptors (Lipinski definition) is 2. The molecule has 1 unspecified atom stereocenters. The summed E-state index contributed by atoms with van der Waals surface area (Å²) in [5.41, 5.74) is 5.51. The summed E-state index contributed by atoms with van der Waals surface area (Å²) in [5, 5.41) is 3.18. The van der Waals surface area contributed by atoms with Gasteiger partial charge in [-0.2, -0.15) is 0 Å². The number of carbonyl (C=O) groups excluding carboxylic acids is 1. The van der Waals surface area contributed by atoms with Crippen molar-refractivity contribution in [3.05, 3.63) is 0 Å². The topological polar surface area (TPSA) is 55.1 Å². The highest BCUT2D eigenvalue weighted by atomic mass is 16.1. The molecule has 0 aromatic carbocycles. The van der Waals surface area contributed by atoms with Gasteiger partial charge in [0.05, 0.1) is 0 Å². The smallest absolute Gasteiger partial charge is 0.220 e. The standard InChI is InChI=1S/C15H30N2O/c1-12(10-11-16)8-9-15(18)17-13(2)14-6-4-3-5-7-14/h12-14H,3-11,16H2,1-2H3,(H,17,18)/t12?,13-/m1/s1. The van der Waals surface area contributed by atoms with Gasteiger partial charge in [-0.15, -0.1) is 0 Å². The lowest BCUT2D eigenvalue weighted by molar-refractivity contribution is -0.122. The first-order chi connectivity index (χ1) is 8.63. The molecule has 18 heavy (non-hydrogen) atoms. The Balaban J connectivity index is 2.18. The molecule has 1 saturated carbocycles. The molecule has 1 aliphatic rings. The van der Waals surface area contributed by atoms with Crippen LogP contribution in [0.4, 0.5) is 0 Å². The van der Waals surface area contributed by atoms with Crippen molar-refractivity contribution in [1.82, 2.24) is 5.32 Å². The zero-order valence-electron chi connectivity index (χ0n) is 12.1. The first kappa shape index (κ1) is 15.5. The molecule has 1 amide bonds. The van der Waals surface area contributed by atoms with Crippen molar-refractivity contribution in [3.63, 3.8) is 0 Å². The highest BCUT2D eigenvalue weighted by molar-refractivity contribution is 5.76.